The molecular weight excluding hydrogens is 228 g/mol. The molecule has 0 aliphatic carbocycles. The third-order valence-corrected chi connectivity index (χ3v) is 2.71. The minimum atomic E-state index is 0.427. The van der Waals surface area contributed by atoms with Crippen LogP contribution in [0.1, 0.15) is 0 Å². The fourth-order valence-corrected chi connectivity index (χ4v) is 1.93. The van der Waals surface area contributed by atoms with E-state index < -0.39 is 0 Å². The lowest BCUT2D eigenvalue weighted by atomic mass is 10.1. The van der Waals surface area contributed by atoms with Gasteiger partial charge in [-0.2, -0.15) is 5.10 Å². The number of rotatable bonds is 3. The Kier molecular flexibility index (Phi) is 2.53. The molecule has 0 saturated heterocycles. The molecule has 88 valence electrons. The van der Waals surface area contributed by atoms with Crippen molar-refractivity contribution in [2.75, 3.05) is 0 Å². The summed E-state index contributed by atoms with van der Waals surface area (Å²) in [5.74, 6) is 0.483. The lowest BCUT2D eigenvalue weighted by Crippen LogP contribution is -1.89. The zero-order valence-electron chi connectivity index (χ0n) is 9.48. The predicted octanol–water partition coefficient (Wildman–Crippen LogP) is 2.54. The molecule has 2 heterocycles. The van der Waals surface area contributed by atoms with Crippen LogP contribution in [0, 0.1) is 0 Å². The molecule has 0 spiro atoms. The number of hydrogen-bond donors (Lipinski definition) is 0. The largest absolute Gasteiger partial charge is 0.424 e. The van der Waals surface area contributed by atoms with Crippen molar-refractivity contribution in [2.24, 2.45) is 0 Å². The molecule has 1 aromatic carbocycles. The molecule has 0 atom stereocenters. The monoisotopic (exact) mass is 238 g/mol. The first-order chi connectivity index (χ1) is 8.90. The van der Waals surface area contributed by atoms with Crippen LogP contribution >= 0.6 is 0 Å². The lowest BCUT2D eigenvalue weighted by Gasteiger charge is -1.99. The van der Waals surface area contributed by atoms with E-state index in [0.29, 0.717) is 17.9 Å². The van der Waals surface area contributed by atoms with Gasteiger partial charge in [0.1, 0.15) is 11.2 Å². The molecule has 0 aliphatic rings. The topological polar surface area (TPSA) is 43.6 Å². The van der Waals surface area contributed by atoms with E-state index in [2.05, 4.69) is 5.10 Å². The minimum Gasteiger partial charge on any atom is -0.424 e. The Hall–Kier alpha value is -2.62. The van der Waals surface area contributed by atoms with Gasteiger partial charge in [-0.3, -0.25) is 4.79 Å². The highest BCUT2D eigenvalue weighted by Crippen LogP contribution is 2.32. The molecule has 0 aliphatic heterocycles. The third-order valence-electron chi connectivity index (χ3n) is 2.71. The molecular formula is C14H10N2O2. The van der Waals surface area contributed by atoms with Crippen molar-refractivity contribution in [3.63, 3.8) is 0 Å². The lowest BCUT2D eigenvalue weighted by molar-refractivity contribution is -0.120. The summed E-state index contributed by atoms with van der Waals surface area (Å²) in [7, 11) is 0. The molecule has 18 heavy (non-hydrogen) atoms. The van der Waals surface area contributed by atoms with E-state index >= 15 is 0 Å². The highest BCUT2D eigenvalue weighted by atomic mass is 16.5. The summed E-state index contributed by atoms with van der Waals surface area (Å²) in [6.07, 6.45) is 1.82. The van der Waals surface area contributed by atoms with Crippen molar-refractivity contribution in [2.45, 2.75) is 0 Å². The van der Waals surface area contributed by atoms with Gasteiger partial charge in [0.15, 0.2) is 5.75 Å². The highest BCUT2D eigenvalue weighted by Gasteiger charge is 2.15. The van der Waals surface area contributed by atoms with Gasteiger partial charge in [0.25, 0.3) is 6.47 Å². The van der Waals surface area contributed by atoms with Gasteiger partial charge in [0.05, 0.1) is 0 Å². The summed E-state index contributed by atoms with van der Waals surface area (Å²) in [4.78, 5) is 10.6. The van der Waals surface area contributed by atoms with Crippen LogP contribution in [0.2, 0.25) is 0 Å². The second-order valence-corrected chi connectivity index (χ2v) is 3.79. The number of carbonyl (C=O) groups excluding carboxylic acids is 1. The maximum Gasteiger partial charge on any atom is 0.298 e. The van der Waals surface area contributed by atoms with Gasteiger partial charge in [0.2, 0.25) is 0 Å². The molecule has 0 saturated carbocycles. The number of hydrogen-bond acceptors (Lipinski definition) is 3. The summed E-state index contributed by atoms with van der Waals surface area (Å²) in [6.45, 7) is 0.427. The number of ether oxygens (including phenoxy) is 1. The third kappa shape index (κ3) is 1.64. The van der Waals surface area contributed by atoms with Crippen molar-refractivity contribution in [3.05, 3.63) is 54.7 Å². The molecule has 3 rings (SSSR count). The average Bonchev–Trinajstić information content (AvgIpc) is 2.80. The molecule has 0 N–H and O–H groups in total. The number of aromatic nitrogens is 2. The van der Waals surface area contributed by atoms with E-state index in [9.17, 15) is 4.79 Å². The van der Waals surface area contributed by atoms with Crippen LogP contribution in [0.4, 0.5) is 0 Å². The maximum absolute atomic E-state index is 10.6. The van der Waals surface area contributed by atoms with Crippen LogP contribution in [0.25, 0.3) is 16.8 Å². The van der Waals surface area contributed by atoms with E-state index in [-0.39, 0.29) is 0 Å². The van der Waals surface area contributed by atoms with E-state index in [4.69, 9.17) is 4.74 Å². The Bertz CT molecular complexity index is 689. The van der Waals surface area contributed by atoms with E-state index in [1.54, 1.807) is 4.52 Å². The first-order valence-corrected chi connectivity index (χ1v) is 5.53. The van der Waals surface area contributed by atoms with Crippen LogP contribution in [0.5, 0.6) is 5.75 Å². The molecule has 0 radical (unpaired) electrons. The summed E-state index contributed by atoms with van der Waals surface area (Å²) in [5, 5.41) is 4.43. The minimum absolute atomic E-state index is 0.427. The Morgan fingerprint density at radius 3 is 2.61 bits per heavy atom. The first kappa shape index (κ1) is 10.5. The number of benzene rings is 1. The molecule has 0 unspecified atom stereocenters. The van der Waals surface area contributed by atoms with Crippen molar-refractivity contribution in [1.82, 2.24) is 9.61 Å². The van der Waals surface area contributed by atoms with Crippen molar-refractivity contribution in [3.8, 4) is 17.0 Å². The molecule has 4 nitrogen and oxygen atoms in total. The normalized spacial score (nSPS) is 10.4. The fourth-order valence-electron chi connectivity index (χ4n) is 1.93. The van der Waals surface area contributed by atoms with E-state index in [1.807, 2.05) is 54.7 Å². The van der Waals surface area contributed by atoms with Crippen LogP contribution in [0.15, 0.2) is 54.7 Å². The number of fused-ring (bicyclic) bond motifs is 1. The molecule has 0 fully saturated rings. The Balaban J connectivity index is 2.28. The molecule has 3 aromatic rings. The van der Waals surface area contributed by atoms with Gasteiger partial charge in [0, 0.05) is 11.8 Å². The van der Waals surface area contributed by atoms with Crippen molar-refractivity contribution < 1.29 is 9.53 Å². The molecule has 0 amide bonds. The summed E-state index contributed by atoms with van der Waals surface area (Å²) in [6, 6.07) is 15.2. The second-order valence-electron chi connectivity index (χ2n) is 3.79. The van der Waals surface area contributed by atoms with Crippen LogP contribution < -0.4 is 4.74 Å². The van der Waals surface area contributed by atoms with Crippen LogP contribution in [-0.2, 0) is 4.79 Å². The second kappa shape index (κ2) is 4.33. The summed E-state index contributed by atoms with van der Waals surface area (Å²) >= 11 is 0. The smallest absolute Gasteiger partial charge is 0.298 e. The van der Waals surface area contributed by atoms with Gasteiger partial charge >= 0.3 is 0 Å². The number of nitrogens with zero attached hydrogens (tertiary/aromatic N) is 2. The maximum atomic E-state index is 10.6. The highest BCUT2D eigenvalue weighted by molar-refractivity contribution is 5.79. The predicted molar refractivity (Wildman–Crippen MR) is 67.3 cm³/mol. The standard InChI is InChI=1S/C14H10N2O2/c17-10-18-14-12-8-4-5-9-16(12)15-13(14)11-6-2-1-3-7-11/h1-10H. The van der Waals surface area contributed by atoms with Crippen molar-refractivity contribution in [1.29, 1.82) is 0 Å². The van der Waals surface area contributed by atoms with Crippen LogP contribution in [0.3, 0.4) is 0 Å². The first-order valence-electron chi connectivity index (χ1n) is 5.53. The SMILES string of the molecule is O=COc1c(-c2ccccc2)nn2ccccc12. The molecule has 0 bridgehead atoms. The zero-order valence-corrected chi connectivity index (χ0v) is 9.48. The Morgan fingerprint density at radius 2 is 1.83 bits per heavy atom. The zero-order chi connectivity index (χ0) is 12.4. The summed E-state index contributed by atoms with van der Waals surface area (Å²) < 4.78 is 6.78. The molecule has 2 aromatic heterocycles. The Labute approximate surface area is 103 Å². The van der Waals surface area contributed by atoms with E-state index in [0.717, 1.165) is 11.1 Å². The van der Waals surface area contributed by atoms with E-state index in [1.165, 1.54) is 0 Å². The fraction of sp³-hybridized carbons (Fsp3) is 0. The Morgan fingerprint density at radius 1 is 1.06 bits per heavy atom. The average molecular weight is 238 g/mol. The van der Waals surface area contributed by atoms with Gasteiger partial charge in [-0.05, 0) is 12.1 Å². The number of carbonyl (C=O) groups is 1. The van der Waals surface area contributed by atoms with Crippen molar-refractivity contribution >= 4 is 12.0 Å². The summed E-state index contributed by atoms with van der Waals surface area (Å²) in [5.41, 5.74) is 2.34. The number of pyridine rings is 1. The quantitative estimate of drug-likeness (QED) is 0.658. The molecule has 4 heteroatoms. The van der Waals surface area contributed by atoms with Gasteiger partial charge in [-0.25, -0.2) is 4.52 Å². The van der Waals surface area contributed by atoms with Gasteiger partial charge in [-0.1, -0.05) is 36.4 Å². The van der Waals surface area contributed by atoms with Gasteiger partial charge < -0.3 is 4.74 Å². The van der Waals surface area contributed by atoms with Crippen LogP contribution in [-0.4, -0.2) is 16.1 Å². The van der Waals surface area contributed by atoms with Gasteiger partial charge in [-0.15, -0.1) is 0 Å².